The fourth-order valence-corrected chi connectivity index (χ4v) is 2.08. The maximum Gasteiger partial charge on any atom is 0.255 e. The van der Waals surface area contributed by atoms with Crippen LogP contribution in [-0.2, 0) is 22.7 Å². The van der Waals surface area contributed by atoms with Gasteiger partial charge in [0.25, 0.3) is 5.91 Å². The Hall–Kier alpha value is -2.17. The Labute approximate surface area is 124 Å². The number of anilines is 1. The number of rotatable bonds is 6. The van der Waals surface area contributed by atoms with Crippen LogP contribution < -0.4 is 5.32 Å². The van der Waals surface area contributed by atoms with Crippen molar-refractivity contribution in [3.8, 4) is 0 Å². The van der Waals surface area contributed by atoms with Gasteiger partial charge in [0.1, 0.15) is 0 Å². The number of carbonyl (C=O) groups excluding carboxylic acids is 1. The largest absolute Gasteiger partial charge is 0.380 e. The van der Waals surface area contributed by atoms with Gasteiger partial charge in [-0.3, -0.25) is 4.79 Å². The summed E-state index contributed by atoms with van der Waals surface area (Å²) in [5, 5.41) is 2.89. The number of amides is 1. The zero-order valence-corrected chi connectivity index (χ0v) is 12.3. The lowest BCUT2D eigenvalue weighted by Crippen LogP contribution is -2.12. The Morgan fingerprint density at radius 3 is 2.24 bits per heavy atom. The van der Waals surface area contributed by atoms with Crippen LogP contribution in [-0.4, -0.2) is 20.1 Å². The zero-order valence-electron chi connectivity index (χ0n) is 12.3. The number of hydrogen-bond acceptors (Lipinski definition) is 3. The molecule has 0 heterocycles. The van der Waals surface area contributed by atoms with Crippen LogP contribution in [0.3, 0.4) is 0 Å². The number of benzene rings is 2. The van der Waals surface area contributed by atoms with Gasteiger partial charge in [-0.05, 0) is 35.4 Å². The molecule has 0 radical (unpaired) electrons. The summed E-state index contributed by atoms with van der Waals surface area (Å²) < 4.78 is 10.2. The van der Waals surface area contributed by atoms with E-state index in [9.17, 15) is 4.79 Å². The normalized spacial score (nSPS) is 10.4. The summed E-state index contributed by atoms with van der Waals surface area (Å²) in [6.07, 6.45) is 0. The second kappa shape index (κ2) is 7.57. The Morgan fingerprint density at radius 2 is 1.57 bits per heavy atom. The molecule has 2 aromatic rings. The molecule has 0 unspecified atom stereocenters. The summed E-state index contributed by atoms with van der Waals surface area (Å²) in [7, 11) is 3.28. The first-order valence-corrected chi connectivity index (χ1v) is 6.70. The molecular formula is C17H19NO3. The third-order valence-corrected chi connectivity index (χ3v) is 3.00. The van der Waals surface area contributed by atoms with Crippen molar-refractivity contribution in [3.05, 3.63) is 65.2 Å². The van der Waals surface area contributed by atoms with Crippen LogP contribution in [0.2, 0.25) is 0 Å². The number of carbonyl (C=O) groups is 1. The van der Waals surface area contributed by atoms with Gasteiger partial charge in [-0.15, -0.1) is 0 Å². The maximum atomic E-state index is 12.3. The van der Waals surface area contributed by atoms with Gasteiger partial charge in [0, 0.05) is 25.5 Å². The highest BCUT2D eigenvalue weighted by molar-refractivity contribution is 6.04. The topological polar surface area (TPSA) is 47.6 Å². The lowest BCUT2D eigenvalue weighted by atomic mass is 10.1. The minimum atomic E-state index is -0.137. The molecule has 0 aliphatic carbocycles. The molecule has 21 heavy (non-hydrogen) atoms. The van der Waals surface area contributed by atoms with Crippen molar-refractivity contribution in [2.24, 2.45) is 0 Å². The van der Waals surface area contributed by atoms with Crippen LogP contribution >= 0.6 is 0 Å². The fourth-order valence-electron chi connectivity index (χ4n) is 2.08. The minimum Gasteiger partial charge on any atom is -0.380 e. The monoisotopic (exact) mass is 285 g/mol. The quantitative estimate of drug-likeness (QED) is 0.886. The van der Waals surface area contributed by atoms with E-state index in [1.54, 1.807) is 20.3 Å². The van der Waals surface area contributed by atoms with Crippen molar-refractivity contribution in [1.82, 2.24) is 0 Å². The Balaban J connectivity index is 2.10. The van der Waals surface area contributed by atoms with Crippen LogP contribution in [0.15, 0.2) is 48.5 Å². The SMILES string of the molecule is COCc1cccc(NC(=O)c2cccc(COC)c2)c1. The van der Waals surface area contributed by atoms with E-state index in [-0.39, 0.29) is 5.91 Å². The fraction of sp³-hybridized carbons (Fsp3) is 0.235. The molecule has 0 aromatic heterocycles. The third-order valence-electron chi connectivity index (χ3n) is 3.00. The lowest BCUT2D eigenvalue weighted by molar-refractivity contribution is 0.102. The van der Waals surface area contributed by atoms with Gasteiger partial charge in [0.05, 0.1) is 13.2 Å². The molecule has 0 spiro atoms. The van der Waals surface area contributed by atoms with Crippen molar-refractivity contribution in [2.45, 2.75) is 13.2 Å². The summed E-state index contributed by atoms with van der Waals surface area (Å²) in [4.78, 5) is 12.3. The van der Waals surface area contributed by atoms with E-state index in [1.807, 2.05) is 42.5 Å². The van der Waals surface area contributed by atoms with Crippen LogP contribution in [0.4, 0.5) is 5.69 Å². The van der Waals surface area contributed by atoms with Crippen LogP contribution in [0, 0.1) is 0 Å². The second-order valence-corrected chi connectivity index (χ2v) is 4.72. The summed E-state index contributed by atoms with van der Waals surface area (Å²) in [6, 6.07) is 15.0. The van der Waals surface area contributed by atoms with Gasteiger partial charge in [0.2, 0.25) is 0 Å². The van der Waals surface area contributed by atoms with Gasteiger partial charge >= 0.3 is 0 Å². The van der Waals surface area contributed by atoms with Gasteiger partial charge in [-0.1, -0.05) is 24.3 Å². The first-order chi connectivity index (χ1) is 10.2. The van der Waals surface area contributed by atoms with Gasteiger partial charge < -0.3 is 14.8 Å². The summed E-state index contributed by atoms with van der Waals surface area (Å²) in [5.41, 5.74) is 3.36. The second-order valence-electron chi connectivity index (χ2n) is 4.72. The van der Waals surface area contributed by atoms with E-state index in [2.05, 4.69) is 5.32 Å². The highest BCUT2D eigenvalue weighted by atomic mass is 16.5. The van der Waals surface area contributed by atoms with Gasteiger partial charge in [-0.25, -0.2) is 0 Å². The zero-order chi connectivity index (χ0) is 15.1. The lowest BCUT2D eigenvalue weighted by Gasteiger charge is -2.08. The number of nitrogens with one attached hydrogen (secondary N) is 1. The molecule has 1 N–H and O–H groups in total. The number of methoxy groups -OCH3 is 2. The van der Waals surface area contributed by atoms with E-state index >= 15 is 0 Å². The molecule has 0 saturated heterocycles. The Kier molecular flexibility index (Phi) is 5.49. The average Bonchev–Trinajstić information content (AvgIpc) is 2.48. The predicted octanol–water partition coefficient (Wildman–Crippen LogP) is 3.23. The van der Waals surface area contributed by atoms with Crippen molar-refractivity contribution in [2.75, 3.05) is 19.5 Å². The van der Waals surface area contributed by atoms with E-state index in [0.29, 0.717) is 18.8 Å². The molecule has 2 rings (SSSR count). The molecule has 2 aromatic carbocycles. The predicted molar refractivity (Wildman–Crippen MR) is 82.3 cm³/mol. The highest BCUT2D eigenvalue weighted by Crippen LogP contribution is 2.14. The molecule has 0 fully saturated rings. The van der Waals surface area contributed by atoms with E-state index in [4.69, 9.17) is 9.47 Å². The first kappa shape index (κ1) is 15.2. The molecule has 4 heteroatoms. The average molecular weight is 285 g/mol. The molecule has 110 valence electrons. The highest BCUT2D eigenvalue weighted by Gasteiger charge is 2.07. The number of hydrogen-bond donors (Lipinski definition) is 1. The number of ether oxygens (including phenoxy) is 2. The van der Waals surface area contributed by atoms with Crippen molar-refractivity contribution in [1.29, 1.82) is 0 Å². The molecule has 0 aliphatic rings. The summed E-state index contributed by atoms with van der Waals surface area (Å²) in [6.45, 7) is 1.01. The standard InChI is InChI=1S/C17H19NO3/c1-20-11-13-5-3-7-15(9-13)17(19)18-16-8-4-6-14(10-16)12-21-2/h3-10H,11-12H2,1-2H3,(H,18,19). The Bertz CT molecular complexity index is 610. The summed E-state index contributed by atoms with van der Waals surface area (Å²) in [5.74, 6) is -0.137. The molecular weight excluding hydrogens is 266 g/mol. The molecule has 0 saturated carbocycles. The molecule has 4 nitrogen and oxygen atoms in total. The molecule has 0 aliphatic heterocycles. The van der Waals surface area contributed by atoms with Gasteiger partial charge in [0.15, 0.2) is 0 Å². The van der Waals surface area contributed by atoms with Crippen LogP contribution in [0.25, 0.3) is 0 Å². The Morgan fingerprint density at radius 1 is 0.952 bits per heavy atom. The van der Waals surface area contributed by atoms with Crippen LogP contribution in [0.5, 0.6) is 0 Å². The van der Waals surface area contributed by atoms with Crippen molar-refractivity contribution < 1.29 is 14.3 Å². The van der Waals surface area contributed by atoms with E-state index in [0.717, 1.165) is 16.8 Å². The molecule has 0 bridgehead atoms. The summed E-state index contributed by atoms with van der Waals surface area (Å²) >= 11 is 0. The first-order valence-electron chi connectivity index (χ1n) is 6.70. The van der Waals surface area contributed by atoms with E-state index < -0.39 is 0 Å². The van der Waals surface area contributed by atoms with Crippen molar-refractivity contribution in [3.63, 3.8) is 0 Å². The van der Waals surface area contributed by atoms with E-state index in [1.165, 1.54) is 0 Å². The smallest absolute Gasteiger partial charge is 0.255 e. The third kappa shape index (κ3) is 4.41. The molecule has 0 atom stereocenters. The van der Waals surface area contributed by atoms with Crippen molar-refractivity contribution >= 4 is 11.6 Å². The maximum absolute atomic E-state index is 12.3. The van der Waals surface area contributed by atoms with Gasteiger partial charge in [-0.2, -0.15) is 0 Å². The molecule has 1 amide bonds. The minimum absolute atomic E-state index is 0.137. The van der Waals surface area contributed by atoms with Crippen LogP contribution in [0.1, 0.15) is 21.5 Å².